The van der Waals surface area contributed by atoms with E-state index in [-0.39, 0.29) is 4.92 Å². The minimum absolute atomic E-state index is 0.256. The first-order valence-electron chi connectivity index (χ1n) is 5.73. The fourth-order valence-electron chi connectivity index (χ4n) is 3.12. The molecule has 0 spiro atoms. The number of fused-ring (bicyclic) bond motifs is 2. The van der Waals surface area contributed by atoms with Gasteiger partial charge in [0.05, 0.1) is 4.92 Å². The predicted molar refractivity (Wildman–Crippen MR) is 58.8 cm³/mol. The largest absolute Gasteiger partial charge is 0.507 e. The summed E-state index contributed by atoms with van der Waals surface area (Å²) in [6.45, 7) is 0. The lowest BCUT2D eigenvalue weighted by molar-refractivity contribution is -0.386. The summed E-state index contributed by atoms with van der Waals surface area (Å²) in [4.78, 5) is 10.9. The van der Waals surface area contributed by atoms with Crippen molar-refractivity contribution in [3.05, 3.63) is 32.4 Å². The Morgan fingerprint density at radius 1 is 0.938 bits per heavy atom. The highest BCUT2D eigenvalue weighted by Crippen LogP contribution is 2.45. The first-order valence-corrected chi connectivity index (χ1v) is 5.73. The molecule has 0 bridgehead atoms. The van der Waals surface area contributed by atoms with Gasteiger partial charge in [-0.2, -0.15) is 0 Å². The van der Waals surface area contributed by atoms with Crippen LogP contribution in [0.2, 0.25) is 0 Å². The molecule has 2 aliphatic rings. The summed E-state index contributed by atoms with van der Waals surface area (Å²) >= 11 is 0. The SMILES string of the molecule is O=[N+]([O-])c1c2c(c(O)c3c1CCC3)CCC2. The van der Waals surface area contributed by atoms with Crippen LogP contribution in [0.4, 0.5) is 5.69 Å². The second kappa shape index (κ2) is 3.20. The van der Waals surface area contributed by atoms with Gasteiger partial charge in [0.1, 0.15) is 5.75 Å². The van der Waals surface area contributed by atoms with Gasteiger partial charge in [-0.05, 0) is 38.5 Å². The summed E-state index contributed by atoms with van der Waals surface area (Å²) in [5, 5.41) is 21.3. The van der Waals surface area contributed by atoms with E-state index < -0.39 is 0 Å². The van der Waals surface area contributed by atoms with Gasteiger partial charge < -0.3 is 5.11 Å². The van der Waals surface area contributed by atoms with E-state index in [0.29, 0.717) is 11.4 Å². The molecule has 0 saturated carbocycles. The van der Waals surface area contributed by atoms with E-state index in [4.69, 9.17) is 0 Å². The molecule has 0 saturated heterocycles. The van der Waals surface area contributed by atoms with Crippen LogP contribution in [-0.4, -0.2) is 10.0 Å². The molecule has 2 aliphatic carbocycles. The van der Waals surface area contributed by atoms with Crippen molar-refractivity contribution >= 4 is 5.69 Å². The molecule has 0 radical (unpaired) electrons. The van der Waals surface area contributed by atoms with E-state index in [0.717, 1.165) is 60.8 Å². The molecule has 4 heteroatoms. The van der Waals surface area contributed by atoms with E-state index >= 15 is 0 Å². The third kappa shape index (κ3) is 1.10. The van der Waals surface area contributed by atoms with Crippen LogP contribution in [0, 0.1) is 10.1 Å². The number of benzene rings is 1. The molecule has 0 amide bonds. The van der Waals surface area contributed by atoms with E-state index in [1.54, 1.807) is 0 Å². The van der Waals surface area contributed by atoms with Crippen LogP contribution in [0.3, 0.4) is 0 Å². The van der Waals surface area contributed by atoms with Gasteiger partial charge >= 0.3 is 0 Å². The van der Waals surface area contributed by atoms with E-state index in [1.807, 2.05) is 0 Å². The highest BCUT2D eigenvalue weighted by molar-refractivity contribution is 5.65. The van der Waals surface area contributed by atoms with Crippen molar-refractivity contribution in [3.63, 3.8) is 0 Å². The van der Waals surface area contributed by atoms with Gasteiger partial charge in [-0.15, -0.1) is 0 Å². The molecule has 84 valence electrons. The zero-order valence-electron chi connectivity index (χ0n) is 8.95. The number of phenolic OH excluding ortho intramolecular Hbond substituents is 1. The van der Waals surface area contributed by atoms with Crippen LogP contribution >= 0.6 is 0 Å². The van der Waals surface area contributed by atoms with Crippen molar-refractivity contribution in [1.82, 2.24) is 0 Å². The zero-order valence-corrected chi connectivity index (χ0v) is 8.95. The third-order valence-corrected chi connectivity index (χ3v) is 3.76. The molecule has 1 aromatic carbocycles. The highest BCUT2D eigenvalue weighted by Gasteiger charge is 2.34. The minimum atomic E-state index is -0.256. The van der Waals surface area contributed by atoms with Crippen LogP contribution in [0.1, 0.15) is 35.1 Å². The van der Waals surface area contributed by atoms with Gasteiger partial charge in [-0.3, -0.25) is 10.1 Å². The molecule has 0 atom stereocenters. The molecule has 0 heterocycles. The molecule has 0 aromatic heterocycles. The van der Waals surface area contributed by atoms with Gasteiger partial charge in [0, 0.05) is 22.3 Å². The molecule has 3 rings (SSSR count). The Balaban J connectivity index is 2.36. The van der Waals surface area contributed by atoms with Crippen LogP contribution in [0.15, 0.2) is 0 Å². The Kier molecular flexibility index (Phi) is 1.93. The molecular formula is C12H13NO3. The van der Waals surface area contributed by atoms with Crippen molar-refractivity contribution in [2.24, 2.45) is 0 Å². The average molecular weight is 219 g/mol. The number of nitro benzene ring substituents is 1. The average Bonchev–Trinajstić information content (AvgIpc) is 2.84. The highest BCUT2D eigenvalue weighted by atomic mass is 16.6. The Bertz CT molecular complexity index is 459. The first kappa shape index (κ1) is 9.63. The first-order chi connectivity index (χ1) is 7.70. The van der Waals surface area contributed by atoms with E-state index in [1.165, 1.54) is 0 Å². The van der Waals surface area contributed by atoms with Gasteiger partial charge in [0.25, 0.3) is 5.69 Å². The number of aromatic hydroxyl groups is 1. The normalized spacial score (nSPS) is 17.2. The van der Waals surface area contributed by atoms with Crippen molar-refractivity contribution in [1.29, 1.82) is 0 Å². The van der Waals surface area contributed by atoms with Crippen molar-refractivity contribution < 1.29 is 10.0 Å². The maximum Gasteiger partial charge on any atom is 0.276 e. The zero-order chi connectivity index (χ0) is 11.3. The summed E-state index contributed by atoms with van der Waals surface area (Å²) in [5.41, 5.74) is 3.57. The molecule has 1 N–H and O–H groups in total. The Labute approximate surface area is 93.1 Å². The molecule has 0 unspecified atom stereocenters. The molecule has 16 heavy (non-hydrogen) atoms. The van der Waals surface area contributed by atoms with Crippen molar-refractivity contribution in [2.45, 2.75) is 38.5 Å². The second-order valence-electron chi connectivity index (χ2n) is 4.58. The van der Waals surface area contributed by atoms with Crippen LogP contribution in [0.5, 0.6) is 5.75 Å². The lowest BCUT2D eigenvalue weighted by Gasteiger charge is -2.10. The third-order valence-electron chi connectivity index (χ3n) is 3.76. The van der Waals surface area contributed by atoms with Crippen LogP contribution in [0.25, 0.3) is 0 Å². The summed E-state index contributed by atoms with van der Waals surface area (Å²) < 4.78 is 0. The summed E-state index contributed by atoms with van der Waals surface area (Å²) in [6.07, 6.45) is 4.91. The van der Waals surface area contributed by atoms with Gasteiger partial charge in [0.15, 0.2) is 0 Å². The predicted octanol–water partition coefficient (Wildman–Crippen LogP) is 2.28. The van der Waals surface area contributed by atoms with Crippen molar-refractivity contribution in [3.8, 4) is 5.75 Å². The summed E-state index contributed by atoms with van der Waals surface area (Å²) in [6, 6.07) is 0. The summed E-state index contributed by atoms with van der Waals surface area (Å²) in [7, 11) is 0. The summed E-state index contributed by atoms with van der Waals surface area (Å²) in [5.74, 6) is 0.352. The number of rotatable bonds is 1. The maximum absolute atomic E-state index is 11.2. The fourth-order valence-corrected chi connectivity index (χ4v) is 3.12. The lowest BCUT2D eigenvalue weighted by atomic mass is 9.97. The molecular weight excluding hydrogens is 206 g/mol. The molecule has 0 fully saturated rings. The fraction of sp³-hybridized carbons (Fsp3) is 0.500. The molecule has 1 aromatic rings. The number of nitrogens with zero attached hydrogens (tertiary/aromatic N) is 1. The molecule has 4 nitrogen and oxygen atoms in total. The smallest absolute Gasteiger partial charge is 0.276 e. The monoisotopic (exact) mass is 219 g/mol. The standard InChI is InChI=1S/C12H13NO3/c14-12-9-5-1-3-7(9)11(13(15)16)8-4-2-6-10(8)12/h14H,1-6H2. The lowest BCUT2D eigenvalue weighted by Crippen LogP contribution is -2.01. The van der Waals surface area contributed by atoms with E-state index in [2.05, 4.69) is 0 Å². The van der Waals surface area contributed by atoms with Crippen molar-refractivity contribution in [2.75, 3.05) is 0 Å². The van der Waals surface area contributed by atoms with Gasteiger partial charge in [-0.1, -0.05) is 0 Å². The van der Waals surface area contributed by atoms with Gasteiger partial charge in [-0.25, -0.2) is 0 Å². The van der Waals surface area contributed by atoms with Crippen LogP contribution in [-0.2, 0) is 25.7 Å². The Morgan fingerprint density at radius 3 is 1.81 bits per heavy atom. The number of nitro groups is 1. The van der Waals surface area contributed by atoms with Gasteiger partial charge in [0.2, 0.25) is 0 Å². The number of hydrogen-bond acceptors (Lipinski definition) is 3. The topological polar surface area (TPSA) is 63.4 Å². The Hall–Kier alpha value is -1.58. The quantitative estimate of drug-likeness (QED) is 0.582. The Morgan fingerprint density at radius 2 is 1.38 bits per heavy atom. The maximum atomic E-state index is 11.2. The van der Waals surface area contributed by atoms with E-state index in [9.17, 15) is 15.2 Å². The second-order valence-corrected chi connectivity index (χ2v) is 4.58. The number of phenols is 1. The van der Waals surface area contributed by atoms with Crippen LogP contribution < -0.4 is 0 Å². The minimum Gasteiger partial charge on any atom is -0.507 e. The molecule has 0 aliphatic heterocycles. The number of hydrogen-bond donors (Lipinski definition) is 1.